The van der Waals surface area contributed by atoms with Crippen LogP contribution in [-0.2, 0) is 6.54 Å². The summed E-state index contributed by atoms with van der Waals surface area (Å²) in [5.41, 5.74) is 0.478. The second kappa shape index (κ2) is 7.49. The lowest BCUT2D eigenvalue weighted by Gasteiger charge is -2.37. The van der Waals surface area contributed by atoms with Gasteiger partial charge in [-0.05, 0) is 13.1 Å². The third kappa shape index (κ3) is 4.84. The SMILES string of the molecule is CN1CCN([C@@H]2CN(Cc3ccccc3OC(F)(F)F)C[C@H]2O)CC1. The second-order valence-corrected chi connectivity index (χ2v) is 6.82. The smallest absolute Gasteiger partial charge is 0.405 e. The molecule has 2 saturated heterocycles. The molecule has 5 nitrogen and oxygen atoms in total. The number of likely N-dealkylation sites (tertiary alicyclic amines) is 1. The van der Waals surface area contributed by atoms with Crippen molar-refractivity contribution in [1.29, 1.82) is 0 Å². The van der Waals surface area contributed by atoms with Crippen LogP contribution in [0.1, 0.15) is 5.56 Å². The van der Waals surface area contributed by atoms with Crippen molar-refractivity contribution in [2.24, 2.45) is 0 Å². The molecule has 0 aliphatic carbocycles. The fourth-order valence-electron chi connectivity index (χ4n) is 3.59. The van der Waals surface area contributed by atoms with E-state index in [0.29, 0.717) is 25.2 Å². The molecule has 0 radical (unpaired) electrons. The maximum Gasteiger partial charge on any atom is 0.573 e. The van der Waals surface area contributed by atoms with Crippen molar-refractivity contribution in [3.8, 4) is 5.75 Å². The second-order valence-electron chi connectivity index (χ2n) is 6.82. The summed E-state index contributed by atoms with van der Waals surface area (Å²) in [5, 5.41) is 10.4. The van der Waals surface area contributed by atoms with Gasteiger partial charge < -0.3 is 14.7 Å². The van der Waals surface area contributed by atoms with E-state index in [0.717, 1.165) is 26.2 Å². The molecule has 1 aromatic rings. The number of ether oxygens (including phenoxy) is 1. The van der Waals surface area contributed by atoms with Crippen molar-refractivity contribution >= 4 is 0 Å². The summed E-state index contributed by atoms with van der Waals surface area (Å²) in [6.07, 6.45) is -5.19. The van der Waals surface area contributed by atoms with Crippen LogP contribution in [0.2, 0.25) is 0 Å². The van der Waals surface area contributed by atoms with Crippen LogP contribution in [0.3, 0.4) is 0 Å². The molecular weight excluding hydrogens is 335 g/mol. The van der Waals surface area contributed by atoms with E-state index in [4.69, 9.17) is 0 Å². The third-order valence-electron chi connectivity index (χ3n) is 4.93. The van der Waals surface area contributed by atoms with Gasteiger partial charge in [0.1, 0.15) is 5.75 Å². The number of alkyl halides is 3. The lowest BCUT2D eigenvalue weighted by atomic mass is 10.1. The number of aliphatic hydroxyl groups is 1. The monoisotopic (exact) mass is 359 g/mol. The first-order valence-electron chi connectivity index (χ1n) is 8.48. The normalized spacial score (nSPS) is 26.9. The highest BCUT2D eigenvalue weighted by molar-refractivity contribution is 5.33. The summed E-state index contributed by atoms with van der Waals surface area (Å²) in [7, 11) is 2.08. The Labute approximate surface area is 145 Å². The first-order chi connectivity index (χ1) is 11.8. The standard InChI is InChI=1S/C17H24F3N3O2/c1-21-6-8-23(9-7-21)14-11-22(12-15(14)24)10-13-4-2-3-5-16(13)25-17(18,19)20/h2-5,14-15,24H,6-12H2,1H3/t14-,15-/m1/s1. The number of aliphatic hydroxyl groups excluding tert-OH is 1. The molecule has 0 amide bonds. The highest BCUT2D eigenvalue weighted by atomic mass is 19.4. The van der Waals surface area contributed by atoms with E-state index in [2.05, 4.69) is 21.6 Å². The summed E-state index contributed by atoms with van der Waals surface area (Å²) < 4.78 is 41.8. The van der Waals surface area contributed by atoms with Gasteiger partial charge in [0.15, 0.2) is 0 Å². The third-order valence-corrected chi connectivity index (χ3v) is 4.93. The van der Waals surface area contributed by atoms with Crippen molar-refractivity contribution in [3.05, 3.63) is 29.8 Å². The van der Waals surface area contributed by atoms with E-state index in [-0.39, 0.29) is 11.8 Å². The van der Waals surface area contributed by atoms with Gasteiger partial charge in [-0.2, -0.15) is 0 Å². The van der Waals surface area contributed by atoms with Crippen LogP contribution in [-0.4, -0.2) is 84.6 Å². The maximum absolute atomic E-state index is 12.5. The van der Waals surface area contributed by atoms with Gasteiger partial charge in [0.25, 0.3) is 0 Å². The van der Waals surface area contributed by atoms with Gasteiger partial charge in [-0.25, -0.2) is 0 Å². The first kappa shape index (κ1) is 18.4. The van der Waals surface area contributed by atoms with Crippen LogP contribution in [0.15, 0.2) is 24.3 Å². The van der Waals surface area contributed by atoms with Crippen molar-refractivity contribution < 1.29 is 23.0 Å². The van der Waals surface area contributed by atoms with Crippen molar-refractivity contribution in [1.82, 2.24) is 14.7 Å². The van der Waals surface area contributed by atoms with Gasteiger partial charge >= 0.3 is 6.36 Å². The number of para-hydroxylation sites is 1. The molecule has 140 valence electrons. The molecule has 2 aliphatic rings. The Morgan fingerprint density at radius 2 is 1.80 bits per heavy atom. The minimum absolute atomic E-state index is 0.0318. The number of benzene rings is 1. The van der Waals surface area contributed by atoms with Gasteiger partial charge in [-0.1, -0.05) is 18.2 Å². The number of hydrogen-bond acceptors (Lipinski definition) is 5. The van der Waals surface area contributed by atoms with Crippen LogP contribution >= 0.6 is 0 Å². The summed E-state index contributed by atoms with van der Waals surface area (Å²) in [5.74, 6) is -0.174. The van der Waals surface area contributed by atoms with Gasteiger partial charge in [0.05, 0.1) is 6.10 Å². The van der Waals surface area contributed by atoms with E-state index in [1.165, 1.54) is 12.1 Å². The van der Waals surface area contributed by atoms with Gasteiger partial charge in [-0.15, -0.1) is 13.2 Å². The number of piperazine rings is 1. The molecule has 2 atom stereocenters. The number of rotatable bonds is 4. The summed E-state index contributed by atoms with van der Waals surface area (Å²) in [4.78, 5) is 6.52. The largest absolute Gasteiger partial charge is 0.573 e. The molecular formula is C17H24F3N3O2. The number of nitrogens with zero attached hydrogens (tertiary/aromatic N) is 3. The molecule has 1 N–H and O–H groups in total. The molecule has 0 aromatic heterocycles. The van der Waals surface area contributed by atoms with E-state index >= 15 is 0 Å². The number of halogens is 3. The fourth-order valence-corrected chi connectivity index (χ4v) is 3.59. The molecule has 0 spiro atoms. The summed E-state index contributed by atoms with van der Waals surface area (Å²) in [6.45, 7) is 5.16. The van der Waals surface area contributed by atoms with Gasteiger partial charge in [0, 0.05) is 57.4 Å². The summed E-state index contributed by atoms with van der Waals surface area (Å²) in [6, 6.07) is 6.22. The minimum atomic E-state index is -4.71. The van der Waals surface area contributed by atoms with Crippen LogP contribution in [0.25, 0.3) is 0 Å². The quantitative estimate of drug-likeness (QED) is 0.879. The van der Waals surface area contributed by atoms with Gasteiger partial charge in [0.2, 0.25) is 0 Å². The molecule has 0 saturated carbocycles. The fraction of sp³-hybridized carbons (Fsp3) is 0.647. The maximum atomic E-state index is 12.5. The zero-order valence-corrected chi connectivity index (χ0v) is 14.2. The lowest BCUT2D eigenvalue weighted by molar-refractivity contribution is -0.275. The molecule has 2 fully saturated rings. The minimum Gasteiger partial charge on any atom is -0.405 e. The highest BCUT2D eigenvalue weighted by Crippen LogP contribution is 2.28. The molecule has 0 unspecified atom stereocenters. The summed E-state index contributed by atoms with van der Waals surface area (Å²) >= 11 is 0. The Hall–Kier alpha value is -1.35. The Kier molecular flexibility index (Phi) is 5.52. The van der Waals surface area contributed by atoms with Crippen LogP contribution in [0.4, 0.5) is 13.2 Å². The first-order valence-corrected chi connectivity index (χ1v) is 8.48. The average molecular weight is 359 g/mol. The van der Waals surface area contributed by atoms with E-state index in [1.54, 1.807) is 12.1 Å². The Bertz CT molecular complexity index is 577. The zero-order chi connectivity index (χ0) is 18.0. The van der Waals surface area contributed by atoms with E-state index < -0.39 is 12.5 Å². The number of β-amino-alcohol motifs (C(OH)–C–C–N with tert-alkyl or cyclic N) is 1. The van der Waals surface area contributed by atoms with Crippen molar-refractivity contribution in [2.45, 2.75) is 25.1 Å². The van der Waals surface area contributed by atoms with E-state index in [1.807, 2.05) is 4.90 Å². The molecule has 1 aromatic carbocycles. The zero-order valence-electron chi connectivity index (χ0n) is 14.2. The number of hydrogen-bond donors (Lipinski definition) is 1. The van der Waals surface area contributed by atoms with Crippen molar-refractivity contribution in [2.75, 3.05) is 46.3 Å². The Morgan fingerprint density at radius 3 is 2.48 bits per heavy atom. The molecule has 2 aliphatic heterocycles. The number of likely N-dealkylation sites (N-methyl/N-ethyl adjacent to an activating group) is 1. The topological polar surface area (TPSA) is 39.2 Å². The Balaban J connectivity index is 1.63. The van der Waals surface area contributed by atoms with E-state index in [9.17, 15) is 18.3 Å². The Morgan fingerprint density at radius 1 is 1.12 bits per heavy atom. The molecule has 0 bridgehead atoms. The molecule has 3 rings (SSSR count). The van der Waals surface area contributed by atoms with Crippen LogP contribution < -0.4 is 4.74 Å². The molecule has 8 heteroatoms. The molecule has 2 heterocycles. The molecule has 25 heavy (non-hydrogen) atoms. The van der Waals surface area contributed by atoms with Crippen LogP contribution in [0.5, 0.6) is 5.75 Å². The predicted octanol–water partition coefficient (Wildman–Crippen LogP) is 1.38. The van der Waals surface area contributed by atoms with Gasteiger partial charge in [-0.3, -0.25) is 9.80 Å². The predicted molar refractivity (Wildman–Crippen MR) is 87.3 cm³/mol. The van der Waals surface area contributed by atoms with Crippen LogP contribution in [0, 0.1) is 0 Å². The lowest BCUT2D eigenvalue weighted by Crippen LogP contribution is -2.52. The highest BCUT2D eigenvalue weighted by Gasteiger charge is 2.37. The average Bonchev–Trinajstić information content (AvgIpc) is 2.89. The van der Waals surface area contributed by atoms with Crippen molar-refractivity contribution in [3.63, 3.8) is 0 Å².